The minimum atomic E-state index is -3.79. The summed E-state index contributed by atoms with van der Waals surface area (Å²) in [6.07, 6.45) is 0.634. The van der Waals surface area contributed by atoms with Crippen molar-refractivity contribution < 1.29 is 37.3 Å². The standard InChI is InChI=1S/C31H36N2O8S/c1-4-15-33(42(36,37)25-12-10-24(39-3)11-13-25)17-16-32-19-26(22-7-14-27-28(18-22)41-20-40-27)29(31(34)35)30(32)21-5-8-23(38-2)9-6-21/h5-14,18,26,29-30H,4,15-17,19-20H2,1-3H3,(H,34,35)/t26-,29-,30+/m0/s1. The van der Waals surface area contributed by atoms with Gasteiger partial charge in [0.25, 0.3) is 0 Å². The van der Waals surface area contributed by atoms with Gasteiger partial charge in [-0.3, -0.25) is 9.69 Å². The quantitative estimate of drug-likeness (QED) is 0.325. The van der Waals surface area contributed by atoms with Crippen molar-refractivity contribution in [1.82, 2.24) is 9.21 Å². The molecule has 0 spiro atoms. The average molecular weight is 597 g/mol. The van der Waals surface area contributed by atoms with Crippen LogP contribution in [-0.4, -0.2) is 75.9 Å². The van der Waals surface area contributed by atoms with E-state index in [1.807, 2.05) is 49.4 Å². The SMILES string of the molecule is CCCN(CCN1C[C@@H](c2ccc3c(c2)OCO3)[C@H](C(=O)O)[C@H]1c1ccc(OC)cc1)S(=O)(=O)c1ccc(OC)cc1. The minimum Gasteiger partial charge on any atom is -0.497 e. The van der Waals surface area contributed by atoms with Crippen molar-refractivity contribution >= 4 is 16.0 Å². The number of hydrogen-bond donors (Lipinski definition) is 1. The molecule has 0 aromatic heterocycles. The van der Waals surface area contributed by atoms with Crippen LogP contribution in [0.1, 0.15) is 36.4 Å². The number of rotatable bonds is 12. The molecule has 0 radical (unpaired) electrons. The van der Waals surface area contributed by atoms with Crippen molar-refractivity contribution in [2.24, 2.45) is 5.92 Å². The third kappa shape index (κ3) is 5.90. The topological polar surface area (TPSA) is 115 Å². The number of fused-ring (bicyclic) bond motifs is 1. The summed E-state index contributed by atoms with van der Waals surface area (Å²) in [5, 5.41) is 10.5. The molecule has 3 aromatic rings. The Bertz CT molecular complexity index is 1490. The van der Waals surface area contributed by atoms with E-state index in [1.54, 1.807) is 31.4 Å². The summed E-state index contributed by atoms with van der Waals surface area (Å²) >= 11 is 0. The first-order chi connectivity index (χ1) is 20.3. The van der Waals surface area contributed by atoms with Gasteiger partial charge in [-0.1, -0.05) is 25.1 Å². The van der Waals surface area contributed by atoms with E-state index in [0.717, 1.165) is 11.1 Å². The second kappa shape index (κ2) is 12.6. The zero-order valence-electron chi connectivity index (χ0n) is 23.9. The number of hydrogen-bond acceptors (Lipinski definition) is 8. The van der Waals surface area contributed by atoms with Gasteiger partial charge in [0.1, 0.15) is 11.5 Å². The highest BCUT2D eigenvalue weighted by molar-refractivity contribution is 7.89. The Labute approximate surface area is 246 Å². The molecule has 224 valence electrons. The van der Waals surface area contributed by atoms with Gasteiger partial charge in [0, 0.05) is 38.1 Å². The molecule has 1 saturated heterocycles. The first-order valence-electron chi connectivity index (χ1n) is 13.9. The first-order valence-corrected chi connectivity index (χ1v) is 15.4. The van der Waals surface area contributed by atoms with Crippen LogP contribution in [0.3, 0.4) is 0 Å². The Morgan fingerprint density at radius 1 is 0.929 bits per heavy atom. The fraction of sp³-hybridized carbons (Fsp3) is 0.387. The Balaban J connectivity index is 1.47. The van der Waals surface area contributed by atoms with Crippen molar-refractivity contribution in [3.8, 4) is 23.0 Å². The van der Waals surface area contributed by atoms with Gasteiger partial charge in [-0.05, 0) is 66.1 Å². The average Bonchev–Trinajstić information content (AvgIpc) is 3.64. The molecule has 2 aliphatic heterocycles. The summed E-state index contributed by atoms with van der Waals surface area (Å²) in [6, 6.07) is 18.8. The second-order valence-corrected chi connectivity index (χ2v) is 12.3. The highest BCUT2D eigenvalue weighted by atomic mass is 32.2. The van der Waals surface area contributed by atoms with Gasteiger partial charge in [-0.25, -0.2) is 8.42 Å². The third-order valence-electron chi connectivity index (χ3n) is 7.97. The molecule has 2 aliphatic rings. The number of carbonyl (C=O) groups is 1. The number of nitrogens with zero attached hydrogens (tertiary/aromatic N) is 2. The molecule has 3 atom stereocenters. The number of ether oxygens (including phenoxy) is 4. The van der Waals surface area contributed by atoms with Gasteiger partial charge < -0.3 is 24.1 Å². The number of benzene rings is 3. The molecule has 0 saturated carbocycles. The maximum atomic E-state index is 13.6. The zero-order valence-corrected chi connectivity index (χ0v) is 24.7. The van der Waals surface area contributed by atoms with Gasteiger partial charge in [0.2, 0.25) is 16.8 Å². The highest BCUT2D eigenvalue weighted by Crippen LogP contribution is 2.47. The predicted octanol–water partition coefficient (Wildman–Crippen LogP) is 4.37. The molecule has 11 heteroatoms. The summed E-state index contributed by atoms with van der Waals surface area (Å²) in [7, 11) is -0.673. The van der Waals surface area contributed by atoms with Crippen LogP contribution in [0.15, 0.2) is 71.6 Å². The zero-order chi connectivity index (χ0) is 29.9. The molecule has 0 bridgehead atoms. The molecular weight excluding hydrogens is 560 g/mol. The number of aliphatic carboxylic acids is 1. The molecule has 10 nitrogen and oxygen atoms in total. The van der Waals surface area contributed by atoms with Crippen LogP contribution in [0.25, 0.3) is 0 Å². The Morgan fingerprint density at radius 3 is 2.17 bits per heavy atom. The van der Waals surface area contributed by atoms with Gasteiger partial charge in [0.15, 0.2) is 11.5 Å². The lowest BCUT2D eigenvalue weighted by molar-refractivity contribution is -0.143. The lowest BCUT2D eigenvalue weighted by Gasteiger charge is -2.30. The van der Waals surface area contributed by atoms with Crippen molar-refractivity contribution in [2.45, 2.75) is 30.2 Å². The van der Waals surface area contributed by atoms with Crippen LogP contribution in [-0.2, 0) is 14.8 Å². The van der Waals surface area contributed by atoms with Crippen LogP contribution in [0, 0.1) is 5.92 Å². The predicted molar refractivity (Wildman–Crippen MR) is 156 cm³/mol. The molecule has 3 aromatic carbocycles. The van der Waals surface area contributed by atoms with E-state index < -0.39 is 28.0 Å². The van der Waals surface area contributed by atoms with Gasteiger partial charge >= 0.3 is 5.97 Å². The van der Waals surface area contributed by atoms with E-state index in [1.165, 1.54) is 11.4 Å². The van der Waals surface area contributed by atoms with Crippen molar-refractivity contribution in [3.05, 3.63) is 77.9 Å². The van der Waals surface area contributed by atoms with Gasteiger partial charge in [-0.2, -0.15) is 4.31 Å². The molecule has 0 amide bonds. The number of carboxylic acids is 1. The van der Waals surface area contributed by atoms with E-state index in [4.69, 9.17) is 18.9 Å². The highest BCUT2D eigenvalue weighted by Gasteiger charge is 2.47. The third-order valence-corrected chi connectivity index (χ3v) is 9.89. The largest absolute Gasteiger partial charge is 0.497 e. The van der Waals surface area contributed by atoms with Gasteiger partial charge in [0.05, 0.1) is 25.0 Å². The minimum absolute atomic E-state index is 0.127. The van der Waals surface area contributed by atoms with Crippen LogP contribution in [0.5, 0.6) is 23.0 Å². The maximum Gasteiger partial charge on any atom is 0.309 e. The Kier molecular flexibility index (Phi) is 8.91. The summed E-state index contributed by atoms with van der Waals surface area (Å²) < 4.78 is 50.3. The lowest BCUT2D eigenvalue weighted by atomic mass is 9.82. The van der Waals surface area contributed by atoms with Crippen LogP contribution in [0.2, 0.25) is 0 Å². The van der Waals surface area contributed by atoms with Crippen LogP contribution < -0.4 is 18.9 Å². The molecule has 2 heterocycles. The van der Waals surface area contributed by atoms with Gasteiger partial charge in [-0.15, -0.1) is 0 Å². The molecule has 5 rings (SSSR count). The molecule has 1 N–H and O–H groups in total. The van der Waals surface area contributed by atoms with E-state index in [-0.39, 0.29) is 24.2 Å². The van der Waals surface area contributed by atoms with Crippen LogP contribution >= 0.6 is 0 Å². The smallest absolute Gasteiger partial charge is 0.309 e. The van der Waals surface area contributed by atoms with E-state index in [9.17, 15) is 18.3 Å². The Morgan fingerprint density at radius 2 is 1.55 bits per heavy atom. The van der Waals surface area contributed by atoms with E-state index >= 15 is 0 Å². The van der Waals surface area contributed by atoms with Crippen molar-refractivity contribution in [2.75, 3.05) is 47.2 Å². The molecule has 42 heavy (non-hydrogen) atoms. The number of methoxy groups -OCH3 is 2. The molecule has 0 aliphatic carbocycles. The first kappa shape index (κ1) is 29.7. The molecular formula is C31H36N2O8S. The second-order valence-electron chi connectivity index (χ2n) is 10.4. The Hall–Kier alpha value is -3.80. The van der Waals surface area contributed by atoms with Crippen molar-refractivity contribution in [3.63, 3.8) is 0 Å². The number of carboxylic acid groups (broad SMARTS) is 1. The molecule has 0 unspecified atom stereocenters. The summed E-state index contributed by atoms with van der Waals surface area (Å²) in [4.78, 5) is 15.2. The normalized spacial score (nSPS) is 20.1. The monoisotopic (exact) mass is 596 g/mol. The number of likely N-dealkylation sites (tertiary alicyclic amines) is 1. The lowest BCUT2D eigenvalue weighted by Crippen LogP contribution is -2.39. The van der Waals surface area contributed by atoms with E-state index in [0.29, 0.717) is 49.1 Å². The number of sulfonamides is 1. The summed E-state index contributed by atoms with van der Waals surface area (Å²) in [5.41, 5.74) is 1.66. The molecule has 1 fully saturated rings. The summed E-state index contributed by atoms with van der Waals surface area (Å²) in [5.74, 6) is 0.407. The summed E-state index contributed by atoms with van der Waals surface area (Å²) in [6.45, 7) is 3.37. The fourth-order valence-corrected chi connectivity index (χ4v) is 7.40. The maximum absolute atomic E-state index is 13.6. The van der Waals surface area contributed by atoms with Crippen LogP contribution in [0.4, 0.5) is 0 Å². The fourth-order valence-electron chi connectivity index (χ4n) is 5.88. The van der Waals surface area contributed by atoms with Crippen molar-refractivity contribution in [1.29, 1.82) is 0 Å². The van der Waals surface area contributed by atoms with E-state index in [2.05, 4.69) is 4.90 Å².